The van der Waals surface area contributed by atoms with E-state index in [1.54, 1.807) is 11.3 Å². The zero-order valence-corrected chi connectivity index (χ0v) is 13.3. The predicted molar refractivity (Wildman–Crippen MR) is 81.6 cm³/mol. The molecular formula is C13H16BrN3OS. The molecule has 2 rings (SSSR count). The molecule has 0 aliphatic heterocycles. The molecule has 2 aromatic rings. The highest BCUT2D eigenvalue weighted by Crippen LogP contribution is 2.23. The quantitative estimate of drug-likeness (QED) is 0.868. The van der Waals surface area contributed by atoms with E-state index in [0.717, 1.165) is 33.7 Å². The lowest BCUT2D eigenvalue weighted by molar-refractivity contribution is -0.116. The molecule has 0 saturated heterocycles. The fourth-order valence-electron chi connectivity index (χ4n) is 1.85. The maximum absolute atomic E-state index is 11.9. The third kappa shape index (κ3) is 3.91. The first-order valence-corrected chi connectivity index (χ1v) is 7.73. The van der Waals surface area contributed by atoms with Crippen LogP contribution in [0.3, 0.4) is 0 Å². The molecule has 4 nitrogen and oxygen atoms in total. The molecule has 2 N–H and O–H groups in total. The van der Waals surface area contributed by atoms with Gasteiger partial charge in [0.15, 0.2) is 0 Å². The number of thiophene rings is 1. The molecule has 102 valence electrons. The number of amides is 1. The lowest BCUT2D eigenvalue weighted by atomic mass is 10.2. The number of nitrogens with one attached hydrogen (secondary N) is 2. The summed E-state index contributed by atoms with van der Waals surface area (Å²) in [5.74, 6) is 0.0446. The van der Waals surface area contributed by atoms with Crippen molar-refractivity contribution in [2.75, 3.05) is 5.32 Å². The average molecular weight is 342 g/mol. The second-order valence-corrected chi connectivity index (χ2v) is 6.96. The van der Waals surface area contributed by atoms with Crippen LogP contribution in [-0.2, 0) is 11.2 Å². The van der Waals surface area contributed by atoms with Gasteiger partial charge in [-0.15, -0.1) is 11.3 Å². The van der Waals surface area contributed by atoms with Crippen LogP contribution < -0.4 is 5.32 Å². The smallest absolute Gasteiger partial charge is 0.224 e. The van der Waals surface area contributed by atoms with Crippen molar-refractivity contribution in [3.05, 3.63) is 32.2 Å². The van der Waals surface area contributed by atoms with Crippen molar-refractivity contribution in [2.45, 2.75) is 33.1 Å². The Hall–Kier alpha value is -1.14. The minimum atomic E-state index is 0.0446. The number of rotatable bonds is 5. The van der Waals surface area contributed by atoms with Crippen molar-refractivity contribution in [3.63, 3.8) is 0 Å². The number of carbonyl (C=O) groups excluding carboxylic acids is 1. The molecule has 0 bridgehead atoms. The standard InChI is InChI=1S/C13H16BrN3OS/c1-8-13(9(2)17-16-8)15-12(18)5-3-4-10-6-7-11(14)19-10/h6-7H,3-5H2,1-2H3,(H,15,18)(H,16,17). The molecule has 0 aliphatic rings. The predicted octanol–water partition coefficient (Wildman–Crippen LogP) is 3.81. The van der Waals surface area contributed by atoms with Crippen LogP contribution in [0.5, 0.6) is 0 Å². The van der Waals surface area contributed by atoms with E-state index in [0.29, 0.717) is 6.42 Å². The van der Waals surface area contributed by atoms with E-state index in [1.165, 1.54) is 4.88 Å². The molecular weight excluding hydrogens is 326 g/mol. The van der Waals surface area contributed by atoms with E-state index >= 15 is 0 Å². The fraction of sp³-hybridized carbons (Fsp3) is 0.385. The number of aromatic amines is 1. The molecule has 0 saturated carbocycles. The number of hydrogen-bond donors (Lipinski definition) is 2. The average Bonchev–Trinajstić information content (AvgIpc) is 2.90. The summed E-state index contributed by atoms with van der Waals surface area (Å²) in [6.45, 7) is 3.78. The normalized spacial score (nSPS) is 10.7. The third-order valence-corrected chi connectivity index (χ3v) is 4.53. The minimum Gasteiger partial charge on any atom is -0.323 e. The summed E-state index contributed by atoms with van der Waals surface area (Å²) >= 11 is 5.16. The Balaban J connectivity index is 1.79. The number of hydrogen-bond acceptors (Lipinski definition) is 3. The van der Waals surface area contributed by atoms with Crippen LogP contribution in [0.15, 0.2) is 15.9 Å². The summed E-state index contributed by atoms with van der Waals surface area (Å²) < 4.78 is 1.14. The molecule has 0 aromatic carbocycles. The van der Waals surface area contributed by atoms with Crippen LogP contribution in [-0.4, -0.2) is 16.1 Å². The van der Waals surface area contributed by atoms with E-state index in [2.05, 4.69) is 37.5 Å². The maximum Gasteiger partial charge on any atom is 0.224 e. The van der Waals surface area contributed by atoms with E-state index in [9.17, 15) is 4.79 Å². The summed E-state index contributed by atoms with van der Waals surface area (Å²) in [7, 11) is 0. The van der Waals surface area contributed by atoms with Crippen LogP contribution in [0.2, 0.25) is 0 Å². The zero-order chi connectivity index (χ0) is 13.8. The number of aromatic nitrogens is 2. The first kappa shape index (κ1) is 14.3. The molecule has 0 atom stereocenters. The van der Waals surface area contributed by atoms with E-state index in [-0.39, 0.29) is 5.91 Å². The summed E-state index contributed by atoms with van der Waals surface area (Å²) in [6.07, 6.45) is 2.32. The second-order valence-electron chi connectivity index (χ2n) is 4.42. The van der Waals surface area contributed by atoms with Crippen molar-refractivity contribution in [1.29, 1.82) is 0 Å². The topological polar surface area (TPSA) is 57.8 Å². The van der Waals surface area contributed by atoms with Gasteiger partial charge in [0.25, 0.3) is 0 Å². The maximum atomic E-state index is 11.9. The zero-order valence-electron chi connectivity index (χ0n) is 10.9. The Morgan fingerprint density at radius 3 is 2.84 bits per heavy atom. The summed E-state index contributed by atoms with van der Waals surface area (Å²) in [5.41, 5.74) is 2.53. The first-order chi connectivity index (χ1) is 9.06. The molecule has 0 spiro atoms. The van der Waals surface area contributed by atoms with Crippen LogP contribution in [0.1, 0.15) is 29.1 Å². The number of aryl methyl sites for hydroxylation is 3. The van der Waals surface area contributed by atoms with Gasteiger partial charge >= 0.3 is 0 Å². The SMILES string of the molecule is Cc1n[nH]c(C)c1NC(=O)CCCc1ccc(Br)s1. The van der Waals surface area contributed by atoms with Crippen molar-refractivity contribution >= 4 is 38.9 Å². The van der Waals surface area contributed by atoms with Crippen molar-refractivity contribution in [1.82, 2.24) is 10.2 Å². The second kappa shape index (κ2) is 6.34. The van der Waals surface area contributed by atoms with Gasteiger partial charge in [0, 0.05) is 11.3 Å². The van der Waals surface area contributed by atoms with Crippen molar-refractivity contribution < 1.29 is 4.79 Å². The molecule has 6 heteroatoms. The Morgan fingerprint density at radius 1 is 1.47 bits per heavy atom. The van der Waals surface area contributed by atoms with Crippen LogP contribution in [0.25, 0.3) is 0 Å². The highest BCUT2D eigenvalue weighted by atomic mass is 79.9. The van der Waals surface area contributed by atoms with Gasteiger partial charge in [0.2, 0.25) is 5.91 Å². The van der Waals surface area contributed by atoms with Gasteiger partial charge in [0.1, 0.15) is 0 Å². The largest absolute Gasteiger partial charge is 0.323 e. The molecule has 0 fully saturated rings. The molecule has 0 aliphatic carbocycles. The molecule has 2 heterocycles. The molecule has 0 radical (unpaired) electrons. The molecule has 0 unspecified atom stereocenters. The van der Waals surface area contributed by atoms with Crippen molar-refractivity contribution in [2.24, 2.45) is 0 Å². The Kier molecular flexibility index (Phi) is 4.76. The number of halogens is 1. The van der Waals surface area contributed by atoms with Gasteiger partial charge in [-0.25, -0.2) is 0 Å². The Morgan fingerprint density at radius 2 is 2.26 bits per heavy atom. The summed E-state index contributed by atoms with van der Waals surface area (Å²) in [5, 5.41) is 9.83. The van der Waals surface area contributed by atoms with Gasteiger partial charge in [-0.3, -0.25) is 9.89 Å². The van der Waals surface area contributed by atoms with Gasteiger partial charge in [0.05, 0.1) is 20.9 Å². The number of nitrogens with zero attached hydrogens (tertiary/aromatic N) is 1. The summed E-state index contributed by atoms with van der Waals surface area (Å²) in [4.78, 5) is 13.2. The Bertz CT molecular complexity index is 557. The number of carbonyl (C=O) groups is 1. The lowest BCUT2D eigenvalue weighted by Gasteiger charge is -2.04. The van der Waals surface area contributed by atoms with Crippen LogP contribution in [0.4, 0.5) is 5.69 Å². The summed E-state index contributed by atoms with van der Waals surface area (Å²) in [6, 6.07) is 4.13. The van der Waals surface area contributed by atoms with E-state index in [1.807, 2.05) is 19.9 Å². The molecule has 1 amide bonds. The highest BCUT2D eigenvalue weighted by molar-refractivity contribution is 9.11. The Labute approximate surface area is 124 Å². The molecule has 19 heavy (non-hydrogen) atoms. The highest BCUT2D eigenvalue weighted by Gasteiger charge is 2.10. The fourth-order valence-corrected chi connectivity index (χ4v) is 3.37. The van der Waals surface area contributed by atoms with Gasteiger partial charge in [-0.1, -0.05) is 0 Å². The van der Waals surface area contributed by atoms with Gasteiger partial charge in [-0.05, 0) is 54.8 Å². The lowest BCUT2D eigenvalue weighted by Crippen LogP contribution is -2.12. The van der Waals surface area contributed by atoms with Gasteiger partial charge in [-0.2, -0.15) is 5.10 Å². The monoisotopic (exact) mass is 341 g/mol. The number of H-pyrrole nitrogens is 1. The van der Waals surface area contributed by atoms with Crippen molar-refractivity contribution in [3.8, 4) is 0 Å². The first-order valence-electron chi connectivity index (χ1n) is 6.12. The molecule has 2 aromatic heterocycles. The third-order valence-electron chi connectivity index (χ3n) is 2.85. The van der Waals surface area contributed by atoms with Crippen LogP contribution in [0, 0.1) is 13.8 Å². The van der Waals surface area contributed by atoms with E-state index < -0.39 is 0 Å². The van der Waals surface area contributed by atoms with Gasteiger partial charge < -0.3 is 5.32 Å². The van der Waals surface area contributed by atoms with Crippen LogP contribution >= 0.6 is 27.3 Å². The minimum absolute atomic E-state index is 0.0446. The van der Waals surface area contributed by atoms with E-state index in [4.69, 9.17) is 0 Å². The number of anilines is 1.